The third-order valence-corrected chi connectivity index (χ3v) is 4.37. The van der Waals surface area contributed by atoms with E-state index in [1.54, 1.807) is 47.4 Å². The fraction of sp³-hybridized carbons (Fsp3) is 0.176. The van der Waals surface area contributed by atoms with E-state index in [1.165, 1.54) is 4.90 Å². The van der Waals surface area contributed by atoms with Crippen LogP contribution in [0.15, 0.2) is 42.5 Å². The molecule has 3 amide bonds. The van der Waals surface area contributed by atoms with Gasteiger partial charge in [0.2, 0.25) is 5.91 Å². The molecule has 1 saturated heterocycles. The zero-order valence-corrected chi connectivity index (χ0v) is 15.3. The van der Waals surface area contributed by atoms with Crippen LogP contribution in [0.5, 0.6) is 0 Å². The van der Waals surface area contributed by atoms with Gasteiger partial charge in [-0.05, 0) is 36.4 Å². The summed E-state index contributed by atoms with van der Waals surface area (Å²) in [5, 5.41) is 4.09. The zero-order valence-electron chi connectivity index (χ0n) is 13.0. The standard InChI is InChI=1S/C17H14Cl3N3O2/c18-11-2-1-3-15(9-11)23-5-4-22(17(23)25)10-16(24)21-14-7-12(19)6-13(20)8-14/h1-3,6-9H,4-5,10H2,(H,21,24). The number of benzene rings is 2. The fourth-order valence-corrected chi connectivity index (χ4v) is 3.32. The summed E-state index contributed by atoms with van der Waals surface area (Å²) in [5.41, 5.74) is 1.20. The van der Waals surface area contributed by atoms with Crippen LogP contribution in [-0.4, -0.2) is 36.5 Å². The number of hydrogen-bond acceptors (Lipinski definition) is 2. The van der Waals surface area contributed by atoms with Crippen LogP contribution in [0.3, 0.4) is 0 Å². The Morgan fingerprint density at radius 1 is 1.00 bits per heavy atom. The van der Waals surface area contributed by atoms with Gasteiger partial charge in [0.25, 0.3) is 0 Å². The molecule has 2 aromatic carbocycles. The molecule has 2 aromatic rings. The maximum Gasteiger partial charge on any atom is 0.325 e. The van der Waals surface area contributed by atoms with Crippen molar-refractivity contribution in [2.45, 2.75) is 0 Å². The smallest absolute Gasteiger partial charge is 0.324 e. The minimum atomic E-state index is -0.320. The SMILES string of the molecule is O=C(CN1CCN(c2cccc(Cl)c2)C1=O)Nc1cc(Cl)cc(Cl)c1. The minimum Gasteiger partial charge on any atom is -0.324 e. The van der Waals surface area contributed by atoms with E-state index in [9.17, 15) is 9.59 Å². The van der Waals surface area contributed by atoms with Gasteiger partial charge >= 0.3 is 6.03 Å². The van der Waals surface area contributed by atoms with Gasteiger partial charge in [-0.25, -0.2) is 4.79 Å². The van der Waals surface area contributed by atoms with Gasteiger partial charge in [0.05, 0.1) is 0 Å². The van der Waals surface area contributed by atoms with Crippen molar-refractivity contribution in [3.8, 4) is 0 Å². The Morgan fingerprint density at radius 2 is 1.72 bits per heavy atom. The summed E-state index contributed by atoms with van der Waals surface area (Å²) in [6, 6.07) is 11.6. The molecule has 0 unspecified atom stereocenters. The van der Waals surface area contributed by atoms with E-state index in [0.717, 1.165) is 0 Å². The summed E-state index contributed by atoms with van der Waals surface area (Å²) in [4.78, 5) is 27.8. The molecule has 8 heteroatoms. The van der Waals surface area contributed by atoms with Gasteiger partial charge in [0.1, 0.15) is 6.54 Å². The van der Waals surface area contributed by atoms with Crippen molar-refractivity contribution >= 4 is 58.1 Å². The van der Waals surface area contributed by atoms with Crippen LogP contribution in [0.2, 0.25) is 15.1 Å². The van der Waals surface area contributed by atoms with Crippen molar-refractivity contribution < 1.29 is 9.59 Å². The molecule has 1 heterocycles. The number of amides is 3. The van der Waals surface area contributed by atoms with Crippen molar-refractivity contribution in [2.75, 3.05) is 29.9 Å². The average Bonchev–Trinajstić information content (AvgIpc) is 2.87. The number of anilines is 2. The van der Waals surface area contributed by atoms with Gasteiger partial charge in [-0.1, -0.05) is 40.9 Å². The predicted molar refractivity (Wildman–Crippen MR) is 101 cm³/mol. The lowest BCUT2D eigenvalue weighted by Gasteiger charge is -2.18. The molecule has 0 radical (unpaired) electrons. The lowest BCUT2D eigenvalue weighted by molar-refractivity contribution is -0.116. The summed E-state index contributed by atoms with van der Waals surface area (Å²) < 4.78 is 0. The van der Waals surface area contributed by atoms with Crippen molar-refractivity contribution in [1.29, 1.82) is 0 Å². The van der Waals surface area contributed by atoms with E-state index >= 15 is 0 Å². The molecule has 0 aromatic heterocycles. The monoisotopic (exact) mass is 397 g/mol. The Labute approximate surface area is 160 Å². The molecule has 1 fully saturated rings. The molecule has 1 aliphatic heterocycles. The van der Waals surface area contributed by atoms with Gasteiger partial charge in [0.15, 0.2) is 0 Å². The van der Waals surface area contributed by atoms with E-state index < -0.39 is 0 Å². The molecule has 0 bridgehead atoms. The lowest BCUT2D eigenvalue weighted by atomic mass is 10.3. The first-order valence-corrected chi connectivity index (χ1v) is 8.64. The Hall–Kier alpha value is -1.95. The van der Waals surface area contributed by atoms with Crippen molar-refractivity contribution in [2.24, 2.45) is 0 Å². The molecule has 0 saturated carbocycles. The molecule has 25 heavy (non-hydrogen) atoms. The second-order valence-electron chi connectivity index (χ2n) is 5.54. The second-order valence-corrected chi connectivity index (χ2v) is 6.85. The number of halogens is 3. The number of carbonyl (C=O) groups is 2. The maximum absolute atomic E-state index is 12.5. The Bertz CT molecular complexity index is 808. The van der Waals surface area contributed by atoms with E-state index in [0.29, 0.717) is 39.5 Å². The van der Waals surface area contributed by atoms with E-state index in [-0.39, 0.29) is 18.5 Å². The largest absolute Gasteiger partial charge is 0.325 e. The molecule has 1 aliphatic rings. The zero-order chi connectivity index (χ0) is 18.0. The average molecular weight is 399 g/mol. The predicted octanol–water partition coefficient (Wildman–Crippen LogP) is 4.53. The molecule has 5 nitrogen and oxygen atoms in total. The topological polar surface area (TPSA) is 52.7 Å². The van der Waals surface area contributed by atoms with Gasteiger partial charge < -0.3 is 10.2 Å². The summed E-state index contributed by atoms with van der Waals surface area (Å²) in [5.74, 6) is -0.320. The number of urea groups is 1. The van der Waals surface area contributed by atoms with Crippen LogP contribution >= 0.6 is 34.8 Å². The first-order chi connectivity index (χ1) is 11.9. The Kier molecular flexibility index (Phi) is 5.37. The van der Waals surface area contributed by atoms with E-state index in [4.69, 9.17) is 34.8 Å². The summed E-state index contributed by atoms with van der Waals surface area (Å²) in [6.07, 6.45) is 0. The van der Waals surface area contributed by atoms with Crippen LogP contribution in [-0.2, 0) is 4.79 Å². The van der Waals surface area contributed by atoms with Gasteiger partial charge in [-0.2, -0.15) is 0 Å². The van der Waals surface area contributed by atoms with Crippen LogP contribution < -0.4 is 10.2 Å². The van der Waals surface area contributed by atoms with Gasteiger partial charge in [0, 0.05) is 39.5 Å². The van der Waals surface area contributed by atoms with E-state index in [1.807, 2.05) is 0 Å². The summed E-state index contributed by atoms with van der Waals surface area (Å²) in [6.45, 7) is 0.893. The molecular weight excluding hydrogens is 385 g/mol. The highest BCUT2D eigenvalue weighted by molar-refractivity contribution is 6.35. The van der Waals surface area contributed by atoms with Crippen LogP contribution in [0.1, 0.15) is 0 Å². The van der Waals surface area contributed by atoms with Crippen molar-refractivity contribution in [1.82, 2.24) is 4.90 Å². The van der Waals surface area contributed by atoms with Crippen LogP contribution in [0.25, 0.3) is 0 Å². The molecule has 0 aliphatic carbocycles. The highest BCUT2D eigenvalue weighted by Gasteiger charge is 2.30. The minimum absolute atomic E-state index is 0.0555. The number of rotatable bonds is 4. The molecule has 3 rings (SSSR count). The molecular formula is C17H14Cl3N3O2. The Balaban J connectivity index is 1.63. The maximum atomic E-state index is 12.5. The summed E-state index contributed by atoms with van der Waals surface area (Å²) >= 11 is 17.8. The number of nitrogens with one attached hydrogen (secondary N) is 1. The number of hydrogen-bond donors (Lipinski definition) is 1. The van der Waals surface area contributed by atoms with Crippen molar-refractivity contribution in [3.63, 3.8) is 0 Å². The molecule has 0 atom stereocenters. The quantitative estimate of drug-likeness (QED) is 0.823. The van der Waals surface area contributed by atoms with Gasteiger partial charge in [-0.15, -0.1) is 0 Å². The normalized spacial score (nSPS) is 14.1. The van der Waals surface area contributed by atoms with E-state index in [2.05, 4.69) is 5.32 Å². The summed E-state index contributed by atoms with van der Waals surface area (Å²) in [7, 11) is 0. The first kappa shape index (κ1) is 17.9. The second kappa shape index (κ2) is 7.52. The number of carbonyl (C=O) groups excluding carboxylic acids is 2. The van der Waals surface area contributed by atoms with Crippen LogP contribution in [0, 0.1) is 0 Å². The van der Waals surface area contributed by atoms with Gasteiger partial charge in [-0.3, -0.25) is 9.69 Å². The molecule has 0 spiro atoms. The lowest BCUT2D eigenvalue weighted by Crippen LogP contribution is -2.37. The first-order valence-electron chi connectivity index (χ1n) is 7.50. The van der Waals surface area contributed by atoms with Crippen molar-refractivity contribution in [3.05, 3.63) is 57.5 Å². The molecule has 1 N–H and O–H groups in total. The molecule has 130 valence electrons. The highest BCUT2D eigenvalue weighted by atomic mass is 35.5. The number of nitrogens with zero attached hydrogens (tertiary/aromatic N) is 2. The van der Waals surface area contributed by atoms with Crippen LogP contribution in [0.4, 0.5) is 16.2 Å². The third-order valence-electron chi connectivity index (χ3n) is 3.70. The fourth-order valence-electron chi connectivity index (χ4n) is 2.61. The third kappa shape index (κ3) is 4.37. The Morgan fingerprint density at radius 3 is 2.40 bits per heavy atom. The highest BCUT2D eigenvalue weighted by Crippen LogP contribution is 2.24.